The first kappa shape index (κ1) is 18.5. The SMILES string of the molecule is COc1cccc(-c2nc(C(=O)NC(CC(C)C)C(=O)O)c(C)[nH]2)c1. The van der Waals surface area contributed by atoms with Crippen LogP contribution in [0.5, 0.6) is 5.75 Å². The van der Waals surface area contributed by atoms with Crippen molar-refractivity contribution in [2.75, 3.05) is 7.11 Å². The molecule has 7 heteroatoms. The maximum Gasteiger partial charge on any atom is 0.326 e. The highest BCUT2D eigenvalue weighted by Crippen LogP contribution is 2.22. The van der Waals surface area contributed by atoms with Gasteiger partial charge in [-0.2, -0.15) is 0 Å². The smallest absolute Gasteiger partial charge is 0.326 e. The van der Waals surface area contributed by atoms with Gasteiger partial charge in [-0.1, -0.05) is 26.0 Å². The number of ether oxygens (including phenoxy) is 1. The van der Waals surface area contributed by atoms with E-state index >= 15 is 0 Å². The minimum absolute atomic E-state index is 0.147. The van der Waals surface area contributed by atoms with Gasteiger partial charge in [-0.25, -0.2) is 9.78 Å². The third kappa shape index (κ3) is 4.59. The number of H-pyrrole nitrogens is 1. The Morgan fingerprint density at radius 3 is 2.68 bits per heavy atom. The van der Waals surface area contributed by atoms with Crippen molar-refractivity contribution in [2.24, 2.45) is 5.92 Å². The summed E-state index contributed by atoms with van der Waals surface area (Å²) in [5.41, 5.74) is 1.54. The van der Waals surface area contributed by atoms with Crippen molar-refractivity contribution in [1.29, 1.82) is 0 Å². The molecule has 0 fully saturated rings. The second-order valence-electron chi connectivity index (χ2n) is 6.28. The summed E-state index contributed by atoms with van der Waals surface area (Å²) >= 11 is 0. The lowest BCUT2D eigenvalue weighted by Crippen LogP contribution is -2.42. The number of carbonyl (C=O) groups is 2. The molecule has 0 aliphatic carbocycles. The maximum atomic E-state index is 12.4. The Bertz CT molecular complexity index is 767. The number of aromatic nitrogens is 2. The second kappa shape index (κ2) is 7.83. The maximum absolute atomic E-state index is 12.4. The van der Waals surface area contributed by atoms with E-state index in [1.54, 1.807) is 20.1 Å². The first-order valence-corrected chi connectivity index (χ1v) is 8.06. The number of carbonyl (C=O) groups excluding carboxylic acids is 1. The molecule has 2 rings (SSSR count). The number of amides is 1. The van der Waals surface area contributed by atoms with E-state index < -0.39 is 17.9 Å². The molecule has 0 saturated heterocycles. The first-order chi connectivity index (χ1) is 11.8. The number of aryl methyl sites for hydroxylation is 1. The molecule has 1 aromatic carbocycles. The van der Waals surface area contributed by atoms with E-state index in [1.165, 1.54) is 0 Å². The number of carboxylic acids is 1. The minimum Gasteiger partial charge on any atom is -0.497 e. The monoisotopic (exact) mass is 345 g/mol. The van der Waals surface area contributed by atoms with Crippen LogP contribution in [0.15, 0.2) is 24.3 Å². The first-order valence-electron chi connectivity index (χ1n) is 8.06. The van der Waals surface area contributed by atoms with Crippen LogP contribution in [0.25, 0.3) is 11.4 Å². The van der Waals surface area contributed by atoms with E-state index in [0.29, 0.717) is 23.7 Å². The van der Waals surface area contributed by atoms with Gasteiger partial charge in [0.05, 0.1) is 7.11 Å². The Labute approximate surface area is 146 Å². The van der Waals surface area contributed by atoms with E-state index in [4.69, 9.17) is 4.74 Å². The molecule has 0 aliphatic rings. The molecule has 0 aliphatic heterocycles. The van der Waals surface area contributed by atoms with Gasteiger partial charge in [0, 0.05) is 11.3 Å². The summed E-state index contributed by atoms with van der Waals surface area (Å²) in [4.78, 5) is 31.2. The number of rotatable bonds is 7. The van der Waals surface area contributed by atoms with E-state index in [9.17, 15) is 14.7 Å². The number of nitrogens with zero attached hydrogens (tertiary/aromatic N) is 1. The van der Waals surface area contributed by atoms with Gasteiger partial charge in [0.2, 0.25) is 0 Å². The van der Waals surface area contributed by atoms with E-state index in [0.717, 1.165) is 5.56 Å². The molecule has 1 aromatic heterocycles. The summed E-state index contributed by atoms with van der Waals surface area (Å²) in [7, 11) is 1.58. The highest BCUT2D eigenvalue weighted by molar-refractivity contribution is 5.96. The second-order valence-corrected chi connectivity index (χ2v) is 6.28. The Hall–Kier alpha value is -2.83. The fourth-order valence-corrected chi connectivity index (χ4v) is 2.51. The molecular weight excluding hydrogens is 322 g/mol. The van der Waals surface area contributed by atoms with Crippen molar-refractivity contribution in [2.45, 2.75) is 33.2 Å². The van der Waals surface area contributed by atoms with Crippen LogP contribution in [0, 0.1) is 12.8 Å². The zero-order chi connectivity index (χ0) is 18.6. The summed E-state index contributed by atoms with van der Waals surface area (Å²) < 4.78 is 5.19. The lowest BCUT2D eigenvalue weighted by Gasteiger charge is -2.15. The molecule has 7 nitrogen and oxygen atoms in total. The van der Waals surface area contributed by atoms with Crippen LogP contribution in [0.2, 0.25) is 0 Å². The number of hydrogen-bond donors (Lipinski definition) is 3. The van der Waals surface area contributed by atoms with Crippen molar-refractivity contribution in [3.05, 3.63) is 35.7 Å². The Morgan fingerprint density at radius 1 is 1.36 bits per heavy atom. The number of methoxy groups -OCH3 is 1. The summed E-state index contributed by atoms with van der Waals surface area (Å²) in [5, 5.41) is 11.8. The summed E-state index contributed by atoms with van der Waals surface area (Å²) in [6.07, 6.45) is 0.354. The normalized spacial score (nSPS) is 12.0. The topological polar surface area (TPSA) is 104 Å². The lowest BCUT2D eigenvalue weighted by molar-refractivity contribution is -0.139. The van der Waals surface area contributed by atoms with Gasteiger partial charge in [0.25, 0.3) is 5.91 Å². The van der Waals surface area contributed by atoms with Gasteiger partial charge in [-0.05, 0) is 31.4 Å². The van der Waals surface area contributed by atoms with Gasteiger partial charge in [0.15, 0.2) is 0 Å². The molecule has 1 atom stereocenters. The van der Waals surface area contributed by atoms with Gasteiger partial charge in [-0.15, -0.1) is 0 Å². The minimum atomic E-state index is -1.05. The van der Waals surface area contributed by atoms with Crippen molar-refractivity contribution < 1.29 is 19.4 Å². The highest BCUT2D eigenvalue weighted by atomic mass is 16.5. The number of carboxylic acid groups (broad SMARTS) is 1. The molecule has 134 valence electrons. The van der Waals surface area contributed by atoms with E-state index in [1.807, 2.05) is 32.0 Å². The van der Waals surface area contributed by atoms with E-state index in [-0.39, 0.29) is 11.6 Å². The van der Waals surface area contributed by atoms with Crippen molar-refractivity contribution in [1.82, 2.24) is 15.3 Å². The number of imidazole rings is 1. The number of hydrogen-bond acceptors (Lipinski definition) is 4. The van der Waals surface area contributed by atoms with Crippen molar-refractivity contribution in [3.63, 3.8) is 0 Å². The lowest BCUT2D eigenvalue weighted by atomic mass is 10.0. The quantitative estimate of drug-likeness (QED) is 0.715. The number of aliphatic carboxylic acids is 1. The highest BCUT2D eigenvalue weighted by Gasteiger charge is 2.24. The molecule has 2 aromatic rings. The van der Waals surface area contributed by atoms with Gasteiger partial charge in [0.1, 0.15) is 23.3 Å². The molecule has 0 spiro atoms. The number of aromatic amines is 1. The average Bonchev–Trinajstić information content (AvgIpc) is 2.95. The average molecular weight is 345 g/mol. The van der Waals surface area contributed by atoms with Crippen LogP contribution in [0.1, 0.15) is 36.5 Å². The molecule has 25 heavy (non-hydrogen) atoms. The van der Waals surface area contributed by atoms with Gasteiger partial charge in [-0.3, -0.25) is 4.79 Å². The summed E-state index contributed by atoms with van der Waals surface area (Å²) in [5.74, 6) is -0.203. The summed E-state index contributed by atoms with van der Waals surface area (Å²) in [6.45, 7) is 5.54. The predicted molar refractivity (Wildman–Crippen MR) is 93.7 cm³/mol. The zero-order valence-corrected chi connectivity index (χ0v) is 14.8. The predicted octanol–water partition coefficient (Wildman–Crippen LogP) is 2.62. The zero-order valence-electron chi connectivity index (χ0n) is 14.8. The fourth-order valence-electron chi connectivity index (χ4n) is 2.51. The fraction of sp³-hybridized carbons (Fsp3) is 0.389. The summed E-state index contributed by atoms with van der Waals surface area (Å²) in [6, 6.07) is 6.36. The van der Waals surface area contributed by atoms with Crippen molar-refractivity contribution in [3.8, 4) is 17.1 Å². The molecule has 3 N–H and O–H groups in total. The third-order valence-electron chi connectivity index (χ3n) is 3.75. The van der Waals surface area contributed by atoms with Crippen LogP contribution < -0.4 is 10.1 Å². The van der Waals surface area contributed by atoms with Crippen LogP contribution in [0.4, 0.5) is 0 Å². The molecule has 0 bridgehead atoms. The third-order valence-corrected chi connectivity index (χ3v) is 3.75. The molecule has 1 amide bonds. The van der Waals surface area contributed by atoms with Crippen LogP contribution in [-0.2, 0) is 4.79 Å². The molecule has 1 heterocycles. The molecule has 1 unspecified atom stereocenters. The number of benzene rings is 1. The largest absolute Gasteiger partial charge is 0.497 e. The van der Waals surface area contributed by atoms with Crippen LogP contribution in [-0.4, -0.2) is 40.1 Å². The molecular formula is C18H23N3O4. The Balaban J connectivity index is 2.23. The molecule has 0 radical (unpaired) electrons. The van der Waals surface area contributed by atoms with Gasteiger partial charge < -0.3 is 20.1 Å². The Morgan fingerprint density at radius 2 is 2.08 bits per heavy atom. The standard InChI is InChI=1S/C18H23N3O4/c1-10(2)8-14(18(23)24)20-17(22)15-11(3)19-16(21-15)12-6-5-7-13(9-12)25-4/h5-7,9-10,14H,8H2,1-4H3,(H,19,21)(H,20,22)(H,23,24). The van der Waals surface area contributed by atoms with Crippen LogP contribution >= 0.6 is 0 Å². The van der Waals surface area contributed by atoms with Gasteiger partial charge >= 0.3 is 5.97 Å². The number of nitrogens with one attached hydrogen (secondary N) is 2. The van der Waals surface area contributed by atoms with Crippen molar-refractivity contribution >= 4 is 11.9 Å². The van der Waals surface area contributed by atoms with E-state index in [2.05, 4.69) is 15.3 Å². The van der Waals surface area contributed by atoms with Crippen LogP contribution in [0.3, 0.4) is 0 Å². The molecule has 0 saturated carbocycles. The Kier molecular flexibility index (Phi) is 5.80.